The molecule has 2 aromatic rings. The summed E-state index contributed by atoms with van der Waals surface area (Å²) >= 11 is 1.49. The van der Waals surface area contributed by atoms with E-state index in [4.69, 9.17) is 4.74 Å². The molecule has 21 heavy (non-hydrogen) atoms. The predicted molar refractivity (Wildman–Crippen MR) is 86.4 cm³/mol. The van der Waals surface area contributed by atoms with Crippen LogP contribution in [0.15, 0.2) is 18.2 Å². The molecule has 1 atom stereocenters. The van der Waals surface area contributed by atoms with Crippen LogP contribution in [0.4, 0.5) is 0 Å². The first-order chi connectivity index (χ1) is 10.1. The Hall–Kier alpha value is -1.59. The van der Waals surface area contributed by atoms with E-state index >= 15 is 0 Å². The number of benzene rings is 1. The number of aryl methyl sites for hydroxylation is 1. The van der Waals surface area contributed by atoms with Crippen LogP contribution in [0.25, 0.3) is 10.1 Å². The van der Waals surface area contributed by atoms with E-state index in [0.29, 0.717) is 19.4 Å². The largest absolute Gasteiger partial charge is 0.497 e. The zero-order valence-electron chi connectivity index (χ0n) is 12.6. The monoisotopic (exact) mass is 307 g/mol. The highest BCUT2D eigenvalue weighted by atomic mass is 32.1. The minimum absolute atomic E-state index is 0.0732. The Kier molecular flexibility index (Phi) is 5.20. The van der Waals surface area contributed by atoms with Gasteiger partial charge in [-0.05, 0) is 48.9 Å². The number of aliphatic hydroxyl groups is 1. The van der Waals surface area contributed by atoms with Crippen molar-refractivity contribution in [2.75, 3.05) is 13.7 Å². The molecule has 1 unspecified atom stereocenters. The van der Waals surface area contributed by atoms with Crippen LogP contribution < -0.4 is 10.1 Å². The number of methoxy groups -OCH3 is 1. The first-order valence-corrected chi connectivity index (χ1v) is 7.91. The van der Waals surface area contributed by atoms with Crippen molar-refractivity contribution in [2.45, 2.75) is 32.8 Å². The number of nitrogens with one attached hydrogen (secondary N) is 1. The highest BCUT2D eigenvalue weighted by Crippen LogP contribution is 2.33. The number of carbonyl (C=O) groups excluding carboxylic acids is 1. The van der Waals surface area contributed by atoms with E-state index in [1.165, 1.54) is 11.3 Å². The lowest BCUT2D eigenvalue weighted by molar-refractivity contribution is 0.0945. The van der Waals surface area contributed by atoms with Crippen molar-refractivity contribution in [3.8, 4) is 5.75 Å². The molecule has 0 aliphatic heterocycles. The molecule has 1 heterocycles. The first kappa shape index (κ1) is 15.8. The number of aliphatic hydroxyl groups excluding tert-OH is 1. The fourth-order valence-electron chi connectivity index (χ4n) is 2.18. The van der Waals surface area contributed by atoms with Crippen LogP contribution in [0.3, 0.4) is 0 Å². The zero-order chi connectivity index (χ0) is 15.4. The molecule has 1 aromatic heterocycles. The molecular formula is C16H21NO3S. The normalized spacial score (nSPS) is 12.4. The number of rotatable bonds is 6. The van der Waals surface area contributed by atoms with Crippen LogP contribution in [0.5, 0.6) is 5.75 Å². The van der Waals surface area contributed by atoms with Crippen molar-refractivity contribution >= 4 is 27.3 Å². The topological polar surface area (TPSA) is 58.6 Å². The summed E-state index contributed by atoms with van der Waals surface area (Å²) in [6.45, 7) is 4.37. The summed E-state index contributed by atoms with van der Waals surface area (Å²) in [4.78, 5) is 13.0. The molecule has 0 aliphatic carbocycles. The summed E-state index contributed by atoms with van der Waals surface area (Å²) in [5, 5.41) is 13.4. The fraction of sp³-hybridized carbons (Fsp3) is 0.438. The molecule has 0 radical (unpaired) electrons. The second kappa shape index (κ2) is 6.91. The van der Waals surface area contributed by atoms with E-state index < -0.39 is 0 Å². The summed E-state index contributed by atoms with van der Waals surface area (Å²) < 4.78 is 6.30. The van der Waals surface area contributed by atoms with E-state index in [-0.39, 0.29) is 12.0 Å². The van der Waals surface area contributed by atoms with Gasteiger partial charge in [0.1, 0.15) is 5.75 Å². The fourth-order valence-corrected chi connectivity index (χ4v) is 3.29. The van der Waals surface area contributed by atoms with Gasteiger partial charge in [-0.3, -0.25) is 4.79 Å². The van der Waals surface area contributed by atoms with E-state index in [2.05, 4.69) is 5.32 Å². The molecule has 2 rings (SSSR count). The van der Waals surface area contributed by atoms with Gasteiger partial charge in [0.05, 0.1) is 18.1 Å². The van der Waals surface area contributed by atoms with Gasteiger partial charge in [-0.1, -0.05) is 6.92 Å². The molecule has 4 nitrogen and oxygen atoms in total. The van der Waals surface area contributed by atoms with Gasteiger partial charge >= 0.3 is 0 Å². The third kappa shape index (κ3) is 3.54. The standard InChI is InChI=1S/C16H21NO3S/c1-4-11(18)7-8-17-16(19)15-10(2)13-9-12(20-3)5-6-14(13)21-15/h5-6,9,11,18H,4,7-8H2,1-3H3,(H,17,19). The second-order valence-electron chi connectivity index (χ2n) is 5.02. The van der Waals surface area contributed by atoms with E-state index in [0.717, 1.165) is 26.3 Å². The van der Waals surface area contributed by atoms with Crippen LogP contribution in [0.1, 0.15) is 35.0 Å². The molecule has 2 N–H and O–H groups in total. The Morgan fingerprint density at radius 1 is 1.48 bits per heavy atom. The van der Waals surface area contributed by atoms with Crippen LogP contribution >= 0.6 is 11.3 Å². The van der Waals surface area contributed by atoms with Gasteiger partial charge in [0.2, 0.25) is 0 Å². The lowest BCUT2D eigenvalue weighted by Gasteiger charge is -2.08. The van der Waals surface area contributed by atoms with Crippen LogP contribution in [0.2, 0.25) is 0 Å². The Labute approximate surface area is 128 Å². The van der Waals surface area contributed by atoms with Crippen molar-refractivity contribution in [1.29, 1.82) is 0 Å². The third-order valence-corrected chi connectivity index (χ3v) is 4.86. The summed E-state index contributed by atoms with van der Waals surface area (Å²) in [5.74, 6) is 0.720. The van der Waals surface area contributed by atoms with Crippen LogP contribution in [0, 0.1) is 6.92 Å². The van der Waals surface area contributed by atoms with Crippen molar-refractivity contribution in [2.24, 2.45) is 0 Å². The molecule has 1 aromatic carbocycles. The molecule has 0 saturated carbocycles. The summed E-state index contributed by atoms with van der Waals surface area (Å²) in [6, 6.07) is 5.83. The van der Waals surface area contributed by atoms with Crippen molar-refractivity contribution in [3.63, 3.8) is 0 Å². The number of thiophene rings is 1. The third-order valence-electron chi connectivity index (χ3n) is 3.58. The average Bonchev–Trinajstić information content (AvgIpc) is 2.83. The smallest absolute Gasteiger partial charge is 0.261 e. The number of hydrogen-bond donors (Lipinski definition) is 2. The zero-order valence-corrected chi connectivity index (χ0v) is 13.4. The molecule has 0 spiro atoms. The van der Waals surface area contributed by atoms with Gasteiger partial charge < -0.3 is 15.2 Å². The van der Waals surface area contributed by atoms with E-state index in [9.17, 15) is 9.90 Å². The highest BCUT2D eigenvalue weighted by molar-refractivity contribution is 7.21. The molecule has 0 fully saturated rings. The Balaban J connectivity index is 2.14. The maximum Gasteiger partial charge on any atom is 0.261 e. The van der Waals surface area contributed by atoms with Gasteiger partial charge in [-0.2, -0.15) is 0 Å². The number of fused-ring (bicyclic) bond motifs is 1. The minimum atomic E-state index is -0.349. The summed E-state index contributed by atoms with van der Waals surface area (Å²) in [6.07, 6.45) is 0.940. The van der Waals surface area contributed by atoms with Crippen LogP contribution in [-0.2, 0) is 0 Å². The molecule has 0 bridgehead atoms. The van der Waals surface area contributed by atoms with Crippen molar-refractivity contribution in [1.82, 2.24) is 5.32 Å². The quantitative estimate of drug-likeness (QED) is 0.862. The molecule has 5 heteroatoms. The number of amides is 1. The van der Waals surface area contributed by atoms with Gasteiger partial charge in [-0.25, -0.2) is 0 Å². The highest BCUT2D eigenvalue weighted by Gasteiger charge is 2.15. The summed E-state index contributed by atoms with van der Waals surface area (Å²) in [7, 11) is 1.63. The molecule has 1 amide bonds. The van der Waals surface area contributed by atoms with Gasteiger partial charge in [0.25, 0.3) is 5.91 Å². The maximum absolute atomic E-state index is 12.2. The predicted octanol–water partition coefficient (Wildman–Crippen LogP) is 3.11. The van der Waals surface area contributed by atoms with E-state index in [1.54, 1.807) is 7.11 Å². The average molecular weight is 307 g/mol. The van der Waals surface area contributed by atoms with Gasteiger partial charge in [0, 0.05) is 11.2 Å². The molecular weight excluding hydrogens is 286 g/mol. The molecule has 114 valence electrons. The minimum Gasteiger partial charge on any atom is -0.497 e. The second-order valence-corrected chi connectivity index (χ2v) is 6.08. The number of hydrogen-bond acceptors (Lipinski definition) is 4. The molecule has 0 aliphatic rings. The van der Waals surface area contributed by atoms with Crippen LogP contribution in [-0.4, -0.2) is 30.8 Å². The maximum atomic E-state index is 12.2. The van der Waals surface area contributed by atoms with E-state index in [1.807, 2.05) is 32.0 Å². The molecule has 0 saturated heterocycles. The first-order valence-electron chi connectivity index (χ1n) is 7.10. The lowest BCUT2D eigenvalue weighted by atomic mass is 10.1. The Morgan fingerprint density at radius 3 is 2.90 bits per heavy atom. The van der Waals surface area contributed by atoms with Crippen molar-refractivity contribution < 1.29 is 14.6 Å². The van der Waals surface area contributed by atoms with Gasteiger partial charge in [-0.15, -0.1) is 11.3 Å². The number of carbonyl (C=O) groups is 1. The Morgan fingerprint density at radius 2 is 2.24 bits per heavy atom. The Bertz CT molecular complexity index is 636. The number of ether oxygens (including phenoxy) is 1. The summed E-state index contributed by atoms with van der Waals surface area (Å²) in [5.41, 5.74) is 0.974. The van der Waals surface area contributed by atoms with Crippen molar-refractivity contribution in [3.05, 3.63) is 28.6 Å². The SMILES string of the molecule is CCC(O)CCNC(=O)c1sc2ccc(OC)cc2c1C. The van der Waals surface area contributed by atoms with Gasteiger partial charge in [0.15, 0.2) is 0 Å². The lowest BCUT2D eigenvalue weighted by Crippen LogP contribution is -2.26.